The van der Waals surface area contributed by atoms with Gasteiger partial charge in [-0.05, 0) is 25.1 Å². The molecule has 0 radical (unpaired) electrons. The van der Waals surface area contributed by atoms with E-state index in [4.69, 9.17) is 10.5 Å². The van der Waals surface area contributed by atoms with E-state index in [0.717, 1.165) is 40.7 Å². The highest BCUT2D eigenvalue weighted by Crippen LogP contribution is 2.32. The van der Waals surface area contributed by atoms with Crippen LogP contribution in [0, 0.1) is 0 Å². The largest absolute Gasteiger partial charge is 0.399 e. The van der Waals surface area contributed by atoms with Gasteiger partial charge in [0.05, 0.1) is 16.3 Å². The van der Waals surface area contributed by atoms with Gasteiger partial charge in [0.2, 0.25) is 0 Å². The maximum atomic E-state index is 5.76. The van der Waals surface area contributed by atoms with Crippen LogP contribution in [0.2, 0.25) is 0 Å². The molecular weight excluding hydrogens is 234 g/mol. The summed E-state index contributed by atoms with van der Waals surface area (Å²) in [5.41, 5.74) is 7.58. The zero-order valence-electron chi connectivity index (χ0n) is 9.72. The fraction of sp³-hybridized carbons (Fsp3) is 0.417. The van der Waals surface area contributed by atoms with Crippen molar-refractivity contribution in [3.8, 4) is 0 Å². The summed E-state index contributed by atoms with van der Waals surface area (Å²) < 4.78 is 6.69. The molecule has 1 aromatic carbocycles. The Morgan fingerprint density at radius 2 is 2.35 bits per heavy atom. The standard InChI is InChI=1S/C12H15N3OS/c1-2-16-9-6-15(7-9)12-14-10-4-3-8(13)5-11(10)17-12/h3-5,9H,2,6-7,13H2,1H3. The Hall–Kier alpha value is -1.33. The molecule has 2 aromatic rings. The van der Waals surface area contributed by atoms with E-state index in [2.05, 4.69) is 9.88 Å². The van der Waals surface area contributed by atoms with Crippen LogP contribution in [0.1, 0.15) is 6.92 Å². The highest BCUT2D eigenvalue weighted by Gasteiger charge is 2.29. The summed E-state index contributed by atoms with van der Waals surface area (Å²) in [6.45, 7) is 4.71. The first-order valence-corrected chi connectivity index (χ1v) is 6.60. The quantitative estimate of drug-likeness (QED) is 0.846. The first-order chi connectivity index (χ1) is 8.26. The van der Waals surface area contributed by atoms with Crippen molar-refractivity contribution in [2.75, 3.05) is 30.3 Å². The molecule has 0 amide bonds. The Labute approximate surface area is 104 Å². The van der Waals surface area contributed by atoms with Crippen molar-refractivity contribution in [1.29, 1.82) is 0 Å². The average Bonchev–Trinajstić information content (AvgIpc) is 2.64. The molecule has 0 bridgehead atoms. The second kappa shape index (κ2) is 4.16. The van der Waals surface area contributed by atoms with Gasteiger partial charge >= 0.3 is 0 Å². The lowest BCUT2D eigenvalue weighted by atomic mass is 10.2. The van der Waals surface area contributed by atoms with Gasteiger partial charge in [0.15, 0.2) is 5.13 Å². The number of anilines is 2. The third-order valence-electron chi connectivity index (χ3n) is 2.92. The van der Waals surface area contributed by atoms with Gasteiger partial charge in [0, 0.05) is 25.4 Å². The van der Waals surface area contributed by atoms with Crippen LogP contribution in [0.25, 0.3) is 10.2 Å². The Morgan fingerprint density at radius 3 is 3.12 bits per heavy atom. The number of nitrogen functional groups attached to an aromatic ring is 1. The highest BCUT2D eigenvalue weighted by molar-refractivity contribution is 7.22. The number of hydrogen-bond donors (Lipinski definition) is 1. The Balaban J connectivity index is 1.78. The minimum Gasteiger partial charge on any atom is -0.399 e. The normalized spacial score (nSPS) is 16.4. The summed E-state index contributed by atoms with van der Waals surface area (Å²) in [5, 5.41) is 1.07. The van der Waals surface area contributed by atoms with Crippen LogP contribution in [0.3, 0.4) is 0 Å². The van der Waals surface area contributed by atoms with Crippen molar-refractivity contribution < 1.29 is 4.74 Å². The van der Waals surface area contributed by atoms with E-state index in [1.165, 1.54) is 0 Å². The van der Waals surface area contributed by atoms with Gasteiger partial charge < -0.3 is 15.4 Å². The van der Waals surface area contributed by atoms with Gasteiger partial charge in [-0.1, -0.05) is 11.3 Å². The van der Waals surface area contributed by atoms with Crippen LogP contribution in [0.15, 0.2) is 18.2 Å². The molecule has 1 aliphatic heterocycles. The molecule has 0 atom stereocenters. The van der Waals surface area contributed by atoms with Crippen LogP contribution in [0.4, 0.5) is 10.8 Å². The molecule has 1 saturated heterocycles. The molecule has 0 spiro atoms. The minimum atomic E-state index is 0.372. The molecule has 2 heterocycles. The van der Waals surface area contributed by atoms with Gasteiger partial charge in [-0.2, -0.15) is 0 Å². The number of hydrogen-bond acceptors (Lipinski definition) is 5. The van der Waals surface area contributed by atoms with Crippen molar-refractivity contribution in [2.45, 2.75) is 13.0 Å². The van der Waals surface area contributed by atoms with E-state index < -0.39 is 0 Å². The molecule has 17 heavy (non-hydrogen) atoms. The van der Waals surface area contributed by atoms with E-state index in [1.807, 2.05) is 25.1 Å². The molecular formula is C12H15N3OS. The van der Waals surface area contributed by atoms with E-state index in [9.17, 15) is 0 Å². The molecule has 90 valence electrons. The summed E-state index contributed by atoms with van der Waals surface area (Å²) in [6.07, 6.45) is 0.372. The van der Waals surface area contributed by atoms with E-state index in [-0.39, 0.29) is 0 Å². The highest BCUT2D eigenvalue weighted by atomic mass is 32.1. The predicted octanol–water partition coefficient (Wildman–Crippen LogP) is 2.10. The Morgan fingerprint density at radius 1 is 1.53 bits per heavy atom. The number of rotatable bonds is 3. The van der Waals surface area contributed by atoms with Crippen LogP contribution in [-0.4, -0.2) is 30.8 Å². The van der Waals surface area contributed by atoms with Crippen molar-refractivity contribution in [3.05, 3.63) is 18.2 Å². The SMILES string of the molecule is CCOC1CN(c2nc3ccc(N)cc3s2)C1. The topological polar surface area (TPSA) is 51.4 Å². The maximum Gasteiger partial charge on any atom is 0.186 e. The van der Waals surface area contributed by atoms with Gasteiger partial charge in [-0.25, -0.2) is 4.98 Å². The summed E-state index contributed by atoms with van der Waals surface area (Å²) in [5.74, 6) is 0. The van der Waals surface area contributed by atoms with Crippen LogP contribution < -0.4 is 10.6 Å². The molecule has 4 nitrogen and oxygen atoms in total. The predicted molar refractivity (Wildman–Crippen MR) is 71.7 cm³/mol. The summed E-state index contributed by atoms with van der Waals surface area (Å²) in [7, 11) is 0. The van der Waals surface area contributed by atoms with Crippen molar-refractivity contribution in [3.63, 3.8) is 0 Å². The van der Waals surface area contributed by atoms with Gasteiger partial charge in [0.1, 0.15) is 0 Å². The first-order valence-electron chi connectivity index (χ1n) is 5.79. The third kappa shape index (κ3) is 1.96. The molecule has 0 aliphatic carbocycles. The second-order valence-corrected chi connectivity index (χ2v) is 5.22. The molecule has 3 rings (SSSR count). The lowest BCUT2D eigenvalue weighted by Gasteiger charge is -2.38. The van der Waals surface area contributed by atoms with Gasteiger partial charge in [-0.15, -0.1) is 0 Å². The summed E-state index contributed by atoms with van der Waals surface area (Å²) in [6, 6.07) is 5.85. The minimum absolute atomic E-state index is 0.372. The zero-order chi connectivity index (χ0) is 11.8. The summed E-state index contributed by atoms with van der Waals surface area (Å²) >= 11 is 1.69. The number of nitrogens with zero attached hydrogens (tertiary/aromatic N) is 2. The fourth-order valence-electron chi connectivity index (χ4n) is 2.00. The first kappa shape index (κ1) is 10.8. The molecule has 0 unspecified atom stereocenters. The molecule has 0 saturated carbocycles. The van der Waals surface area contributed by atoms with Crippen molar-refractivity contribution in [1.82, 2.24) is 4.98 Å². The number of thiazole rings is 1. The second-order valence-electron chi connectivity index (χ2n) is 4.21. The van der Waals surface area contributed by atoms with Crippen LogP contribution >= 0.6 is 11.3 Å². The fourth-order valence-corrected chi connectivity index (χ4v) is 3.03. The van der Waals surface area contributed by atoms with Crippen molar-refractivity contribution >= 4 is 32.4 Å². The molecule has 1 aliphatic rings. The Bertz CT molecular complexity index is 534. The van der Waals surface area contributed by atoms with Gasteiger partial charge in [0.25, 0.3) is 0 Å². The Kier molecular flexibility index (Phi) is 2.64. The number of ether oxygens (including phenoxy) is 1. The lowest BCUT2D eigenvalue weighted by Crippen LogP contribution is -2.52. The lowest BCUT2D eigenvalue weighted by molar-refractivity contribution is 0.0431. The average molecular weight is 249 g/mol. The van der Waals surface area contributed by atoms with Crippen molar-refractivity contribution in [2.24, 2.45) is 0 Å². The third-order valence-corrected chi connectivity index (χ3v) is 4.00. The van der Waals surface area contributed by atoms with Crippen LogP contribution in [0.5, 0.6) is 0 Å². The summed E-state index contributed by atoms with van der Waals surface area (Å²) in [4.78, 5) is 6.85. The molecule has 1 aromatic heterocycles. The number of nitrogens with two attached hydrogens (primary N) is 1. The zero-order valence-corrected chi connectivity index (χ0v) is 10.5. The molecule has 1 fully saturated rings. The molecule has 2 N–H and O–H groups in total. The van der Waals surface area contributed by atoms with Gasteiger partial charge in [-0.3, -0.25) is 0 Å². The monoisotopic (exact) mass is 249 g/mol. The number of aromatic nitrogens is 1. The number of fused-ring (bicyclic) bond motifs is 1. The van der Waals surface area contributed by atoms with Crippen LogP contribution in [-0.2, 0) is 4.74 Å². The molecule has 5 heteroatoms. The smallest absolute Gasteiger partial charge is 0.186 e. The van der Waals surface area contributed by atoms with E-state index in [1.54, 1.807) is 11.3 Å². The van der Waals surface area contributed by atoms with E-state index >= 15 is 0 Å². The maximum absolute atomic E-state index is 5.76. The van der Waals surface area contributed by atoms with E-state index in [0.29, 0.717) is 6.10 Å². The number of benzene rings is 1.